The molecule has 0 unspecified atom stereocenters. The molecule has 33 heavy (non-hydrogen) atoms. The third-order valence-electron chi connectivity index (χ3n) is 3.78. The quantitative estimate of drug-likeness (QED) is 0.197. The van der Waals surface area contributed by atoms with Crippen LogP contribution in [0.1, 0.15) is 46.9 Å². The standard InChI is InChI=1S/C9H8O4.C7H6O3.C6H14N2O2/c1-6(10)13-9(12)7-4-2-3-5-8(7)11;8-6-4-2-1-3-5(6)7(9)10;7-4-2-1-3-5(8)6(9)10/h2-5,11H,1H3;1-4,8H,(H,9,10);5H,1-4,7-8H2,(H,9,10)/t;;5-/m..0/s1. The Hall–Kier alpha value is -3.96. The number of phenols is 2. The fourth-order valence-electron chi connectivity index (χ4n) is 2.12. The van der Waals surface area contributed by atoms with Crippen molar-refractivity contribution in [3.63, 3.8) is 0 Å². The summed E-state index contributed by atoms with van der Waals surface area (Å²) >= 11 is 0. The summed E-state index contributed by atoms with van der Waals surface area (Å²) < 4.78 is 4.28. The number of hydrogen-bond donors (Lipinski definition) is 6. The third-order valence-corrected chi connectivity index (χ3v) is 3.78. The number of carbonyl (C=O) groups excluding carboxylic acids is 2. The monoisotopic (exact) mass is 464 g/mol. The lowest BCUT2D eigenvalue weighted by Crippen LogP contribution is -2.29. The molecule has 2 rings (SSSR count). The number of hydrogen-bond acceptors (Lipinski definition) is 9. The van der Waals surface area contributed by atoms with Gasteiger partial charge in [0.2, 0.25) is 0 Å². The SMILES string of the molecule is CC(=O)OC(=O)c1ccccc1O.NCCCC[C@H](N)C(=O)O.O=C(O)c1ccccc1O. The summed E-state index contributed by atoms with van der Waals surface area (Å²) in [4.78, 5) is 41.9. The molecule has 0 radical (unpaired) electrons. The topological polar surface area (TPSA) is 210 Å². The summed E-state index contributed by atoms with van der Waals surface area (Å²) in [5.41, 5.74) is 10.3. The third kappa shape index (κ3) is 12.5. The molecule has 2 aromatic rings. The molecule has 0 amide bonds. The molecule has 0 fully saturated rings. The van der Waals surface area contributed by atoms with E-state index in [0.717, 1.165) is 19.8 Å². The van der Waals surface area contributed by atoms with E-state index in [9.17, 15) is 24.3 Å². The van der Waals surface area contributed by atoms with Crippen LogP contribution < -0.4 is 11.5 Å². The van der Waals surface area contributed by atoms with E-state index >= 15 is 0 Å². The van der Waals surface area contributed by atoms with Gasteiger partial charge in [0.05, 0.1) is 0 Å². The van der Waals surface area contributed by atoms with Gasteiger partial charge in [-0.15, -0.1) is 0 Å². The van der Waals surface area contributed by atoms with Gasteiger partial charge in [0.25, 0.3) is 0 Å². The molecule has 0 bridgehead atoms. The van der Waals surface area contributed by atoms with Gasteiger partial charge in [-0.25, -0.2) is 9.59 Å². The number of benzene rings is 2. The zero-order chi connectivity index (χ0) is 25.4. The molecule has 1 atom stereocenters. The number of aromatic carboxylic acids is 1. The van der Waals surface area contributed by atoms with Crippen molar-refractivity contribution >= 4 is 23.9 Å². The summed E-state index contributed by atoms with van der Waals surface area (Å²) in [5.74, 6) is -3.99. The minimum Gasteiger partial charge on any atom is -0.507 e. The maximum Gasteiger partial charge on any atom is 0.349 e. The first-order valence-electron chi connectivity index (χ1n) is 9.71. The lowest BCUT2D eigenvalue weighted by Gasteiger charge is -2.03. The van der Waals surface area contributed by atoms with Gasteiger partial charge in [-0.2, -0.15) is 0 Å². The highest BCUT2D eigenvalue weighted by molar-refractivity contribution is 5.98. The number of phenolic OH excluding ortho intramolecular Hbond substituents is 1. The van der Waals surface area contributed by atoms with Gasteiger partial charge in [0, 0.05) is 6.92 Å². The average Bonchev–Trinajstić information content (AvgIpc) is 2.74. The highest BCUT2D eigenvalue weighted by atomic mass is 16.6. The molecule has 0 saturated carbocycles. The van der Waals surface area contributed by atoms with Gasteiger partial charge in [0.15, 0.2) is 0 Å². The van der Waals surface area contributed by atoms with Gasteiger partial charge >= 0.3 is 23.9 Å². The maximum absolute atomic E-state index is 11.1. The van der Waals surface area contributed by atoms with E-state index in [1.807, 2.05) is 0 Å². The average molecular weight is 464 g/mol. The lowest BCUT2D eigenvalue weighted by molar-refractivity contribution is -0.139. The van der Waals surface area contributed by atoms with E-state index in [2.05, 4.69) is 4.74 Å². The Labute approximate surface area is 190 Å². The molecule has 8 N–H and O–H groups in total. The zero-order valence-corrected chi connectivity index (χ0v) is 18.0. The number of rotatable bonds is 7. The molecule has 0 heterocycles. The van der Waals surface area contributed by atoms with E-state index < -0.39 is 29.9 Å². The summed E-state index contributed by atoms with van der Waals surface area (Å²) in [5, 5.41) is 34.8. The normalized spacial score (nSPS) is 10.4. The Morgan fingerprint density at radius 3 is 1.73 bits per heavy atom. The van der Waals surface area contributed by atoms with E-state index in [1.54, 1.807) is 24.3 Å². The number of carboxylic acids is 2. The van der Waals surface area contributed by atoms with Crippen molar-refractivity contribution < 1.29 is 44.3 Å². The fraction of sp³-hybridized carbons (Fsp3) is 0.273. The molecule has 180 valence electrons. The van der Waals surface area contributed by atoms with Crippen LogP contribution in [-0.4, -0.2) is 56.9 Å². The summed E-state index contributed by atoms with van der Waals surface area (Å²) in [6, 6.07) is 11.0. The maximum atomic E-state index is 11.1. The van der Waals surface area contributed by atoms with Crippen LogP contribution in [0.15, 0.2) is 48.5 Å². The van der Waals surface area contributed by atoms with E-state index in [1.165, 1.54) is 24.3 Å². The highest BCUT2D eigenvalue weighted by Gasteiger charge is 2.13. The number of ether oxygens (including phenoxy) is 1. The molecule has 0 spiro atoms. The Morgan fingerprint density at radius 1 is 0.879 bits per heavy atom. The Kier molecular flexibility index (Phi) is 13.9. The van der Waals surface area contributed by atoms with Crippen LogP contribution in [0, 0.1) is 0 Å². The molecule has 0 aliphatic rings. The first kappa shape index (κ1) is 29.0. The minimum absolute atomic E-state index is 0.0160. The highest BCUT2D eigenvalue weighted by Crippen LogP contribution is 2.16. The van der Waals surface area contributed by atoms with Gasteiger partial charge < -0.3 is 36.6 Å². The number of unbranched alkanes of at least 4 members (excludes halogenated alkanes) is 1. The predicted octanol–water partition coefficient (Wildman–Crippen LogP) is 1.71. The van der Waals surface area contributed by atoms with Crippen molar-refractivity contribution in [2.75, 3.05) is 6.54 Å². The second-order valence-electron chi connectivity index (χ2n) is 6.45. The minimum atomic E-state index is -1.11. The molecule has 11 nitrogen and oxygen atoms in total. The first-order chi connectivity index (χ1) is 15.5. The second kappa shape index (κ2) is 15.8. The van der Waals surface area contributed by atoms with Crippen molar-refractivity contribution in [3.05, 3.63) is 59.7 Å². The molecular weight excluding hydrogens is 436 g/mol. The van der Waals surface area contributed by atoms with Crippen molar-refractivity contribution in [1.82, 2.24) is 0 Å². The molecule has 0 aromatic heterocycles. The van der Waals surface area contributed by atoms with Gasteiger partial charge in [-0.05, 0) is 43.7 Å². The summed E-state index contributed by atoms with van der Waals surface area (Å²) in [6.07, 6.45) is 2.16. The van der Waals surface area contributed by atoms with Crippen molar-refractivity contribution in [2.24, 2.45) is 11.5 Å². The lowest BCUT2D eigenvalue weighted by atomic mass is 10.1. The van der Waals surface area contributed by atoms with Crippen molar-refractivity contribution in [1.29, 1.82) is 0 Å². The molecular formula is C22H28N2O9. The van der Waals surface area contributed by atoms with Crippen molar-refractivity contribution in [3.8, 4) is 11.5 Å². The number of aromatic hydroxyl groups is 2. The fourth-order valence-corrected chi connectivity index (χ4v) is 2.12. The molecule has 0 aliphatic carbocycles. The molecule has 11 heteroatoms. The second-order valence-corrected chi connectivity index (χ2v) is 6.45. The molecule has 2 aromatic carbocycles. The van der Waals surface area contributed by atoms with Gasteiger partial charge in [0.1, 0.15) is 28.7 Å². The zero-order valence-electron chi connectivity index (χ0n) is 18.0. The molecule has 0 saturated heterocycles. The number of esters is 2. The van der Waals surface area contributed by atoms with Crippen LogP contribution in [0.4, 0.5) is 0 Å². The Bertz CT molecular complexity index is 932. The van der Waals surface area contributed by atoms with E-state index in [0.29, 0.717) is 13.0 Å². The van der Waals surface area contributed by atoms with Gasteiger partial charge in [-0.1, -0.05) is 30.7 Å². The van der Waals surface area contributed by atoms with E-state index in [-0.39, 0.29) is 22.6 Å². The number of aliphatic carboxylic acids is 1. The van der Waals surface area contributed by atoms with Crippen LogP contribution in [0.5, 0.6) is 11.5 Å². The summed E-state index contributed by atoms with van der Waals surface area (Å²) in [7, 11) is 0. The number of carboxylic acid groups (broad SMARTS) is 2. The van der Waals surface area contributed by atoms with Crippen LogP contribution >= 0.6 is 0 Å². The molecule has 0 aliphatic heterocycles. The summed E-state index contributed by atoms with van der Waals surface area (Å²) in [6.45, 7) is 1.73. The van der Waals surface area contributed by atoms with Crippen LogP contribution in [0.3, 0.4) is 0 Å². The predicted molar refractivity (Wildman–Crippen MR) is 118 cm³/mol. The van der Waals surface area contributed by atoms with Crippen LogP contribution in [-0.2, 0) is 14.3 Å². The Balaban J connectivity index is 0.000000472. The van der Waals surface area contributed by atoms with Crippen LogP contribution in [0.2, 0.25) is 0 Å². The largest absolute Gasteiger partial charge is 0.507 e. The number of para-hydroxylation sites is 2. The van der Waals surface area contributed by atoms with Crippen LogP contribution in [0.25, 0.3) is 0 Å². The number of carbonyl (C=O) groups is 4. The van der Waals surface area contributed by atoms with E-state index in [4.69, 9.17) is 26.8 Å². The number of nitrogens with two attached hydrogens (primary N) is 2. The Morgan fingerprint density at radius 2 is 1.36 bits per heavy atom. The smallest absolute Gasteiger partial charge is 0.349 e. The van der Waals surface area contributed by atoms with Crippen molar-refractivity contribution in [2.45, 2.75) is 32.2 Å². The first-order valence-corrected chi connectivity index (χ1v) is 9.71. The van der Waals surface area contributed by atoms with Gasteiger partial charge in [-0.3, -0.25) is 9.59 Å².